The van der Waals surface area contributed by atoms with Crippen molar-refractivity contribution in [3.63, 3.8) is 0 Å². The van der Waals surface area contributed by atoms with Crippen molar-refractivity contribution < 1.29 is 0 Å². The molecule has 0 atom stereocenters. The fraction of sp³-hybridized carbons (Fsp3) is 0.733. The van der Waals surface area contributed by atoms with Crippen molar-refractivity contribution in [3.8, 4) is 0 Å². The Hall–Kier alpha value is -1.32. The zero-order valence-electron chi connectivity index (χ0n) is 12.0. The van der Waals surface area contributed by atoms with E-state index in [2.05, 4.69) is 28.2 Å². The van der Waals surface area contributed by atoms with Gasteiger partial charge in [0.15, 0.2) is 0 Å². The van der Waals surface area contributed by atoms with Gasteiger partial charge < -0.3 is 10.2 Å². The minimum absolute atomic E-state index is 0.606. The first-order valence-electron chi connectivity index (χ1n) is 7.61. The molecule has 4 nitrogen and oxygen atoms in total. The number of anilines is 2. The first-order valence-corrected chi connectivity index (χ1v) is 7.61. The summed E-state index contributed by atoms with van der Waals surface area (Å²) in [6.07, 6.45) is 6.68. The smallest absolute Gasteiger partial charge is 0.136 e. The van der Waals surface area contributed by atoms with Gasteiger partial charge in [-0.2, -0.15) is 0 Å². The monoisotopic (exact) mass is 260 g/mol. The zero-order valence-corrected chi connectivity index (χ0v) is 12.0. The fourth-order valence-corrected chi connectivity index (χ4v) is 2.64. The van der Waals surface area contributed by atoms with Gasteiger partial charge in [0.25, 0.3) is 0 Å². The molecule has 0 saturated heterocycles. The topological polar surface area (TPSA) is 41.0 Å². The van der Waals surface area contributed by atoms with Crippen molar-refractivity contribution in [3.05, 3.63) is 11.9 Å². The summed E-state index contributed by atoms with van der Waals surface area (Å²) in [6, 6.07) is 2.09. The Kier molecular flexibility index (Phi) is 3.58. The molecule has 0 aromatic carbocycles. The Morgan fingerprint density at radius 3 is 2.58 bits per heavy atom. The highest BCUT2D eigenvalue weighted by molar-refractivity contribution is 5.49. The highest BCUT2D eigenvalue weighted by Gasteiger charge is 2.28. The summed E-state index contributed by atoms with van der Waals surface area (Å²) in [5.74, 6) is 4.58. The first-order chi connectivity index (χ1) is 9.30. The molecule has 1 heterocycles. The highest BCUT2D eigenvalue weighted by atomic mass is 15.2. The van der Waals surface area contributed by atoms with Gasteiger partial charge in [0, 0.05) is 32.1 Å². The molecule has 0 unspecified atom stereocenters. The third kappa shape index (κ3) is 2.82. The van der Waals surface area contributed by atoms with Crippen molar-refractivity contribution >= 4 is 11.6 Å². The van der Waals surface area contributed by atoms with Crippen LogP contribution in [0.3, 0.4) is 0 Å². The van der Waals surface area contributed by atoms with E-state index in [0.29, 0.717) is 5.92 Å². The summed E-state index contributed by atoms with van der Waals surface area (Å²) in [4.78, 5) is 11.8. The minimum Gasteiger partial charge on any atom is -0.373 e. The molecule has 1 aromatic rings. The predicted molar refractivity (Wildman–Crippen MR) is 78.8 cm³/mol. The van der Waals surface area contributed by atoms with Crippen LogP contribution in [0, 0.1) is 5.92 Å². The van der Waals surface area contributed by atoms with Crippen LogP contribution in [0.15, 0.2) is 6.07 Å². The van der Waals surface area contributed by atoms with Crippen molar-refractivity contribution in [1.82, 2.24) is 9.97 Å². The maximum atomic E-state index is 4.80. The molecule has 0 spiro atoms. The zero-order chi connectivity index (χ0) is 13.2. The third-order valence-electron chi connectivity index (χ3n) is 4.34. The largest absolute Gasteiger partial charge is 0.373 e. The third-order valence-corrected chi connectivity index (χ3v) is 4.34. The van der Waals surface area contributed by atoms with Gasteiger partial charge >= 0.3 is 0 Å². The minimum atomic E-state index is 0.606. The molecule has 0 amide bonds. The van der Waals surface area contributed by atoms with Crippen molar-refractivity contribution in [2.24, 2.45) is 5.92 Å². The molecule has 2 saturated carbocycles. The summed E-state index contributed by atoms with van der Waals surface area (Å²) >= 11 is 0. The molecule has 0 radical (unpaired) electrons. The summed E-state index contributed by atoms with van der Waals surface area (Å²) in [6.45, 7) is 4.40. The van der Waals surface area contributed by atoms with Crippen LogP contribution in [0.2, 0.25) is 0 Å². The number of rotatable bonds is 6. The number of hydrogen-bond acceptors (Lipinski definition) is 4. The van der Waals surface area contributed by atoms with Gasteiger partial charge in [-0.3, -0.25) is 0 Å². The van der Waals surface area contributed by atoms with E-state index in [-0.39, 0.29) is 0 Å². The van der Waals surface area contributed by atoms with E-state index in [4.69, 9.17) is 4.98 Å². The van der Waals surface area contributed by atoms with Crippen LogP contribution in [-0.2, 0) is 0 Å². The van der Waals surface area contributed by atoms with Crippen molar-refractivity contribution in [2.75, 3.05) is 30.4 Å². The van der Waals surface area contributed by atoms with Crippen LogP contribution >= 0.6 is 0 Å². The summed E-state index contributed by atoms with van der Waals surface area (Å²) < 4.78 is 0. The van der Waals surface area contributed by atoms with Crippen molar-refractivity contribution in [1.29, 1.82) is 0 Å². The molecule has 2 fully saturated rings. The molecule has 2 aliphatic carbocycles. The van der Waals surface area contributed by atoms with Gasteiger partial charge in [-0.15, -0.1) is 0 Å². The van der Waals surface area contributed by atoms with E-state index in [0.717, 1.165) is 36.5 Å². The van der Waals surface area contributed by atoms with Crippen LogP contribution in [-0.4, -0.2) is 30.1 Å². The predicted octanol–water partition coefficient (Wildman–Crippen LogP) is 3.02. The molecule has 0 aliphatic heterocycles. The number of aromatic nitrogens is 2. The maximum Gasteiger partial charge on any atom is 0.136 e. The van der Waals surface area contributed by atoms with E-state index in [1.807, 2.05) is 7.05 Å². The standard InChI is InChI=1S/C15H24N4/c1-3-19(10-11-5-4-6-11)14-9-13(16-2)17-15(18-14)12-7-8-12/h9,11-12H,3-8,10H2,1-2H3,(H,16,17,18). The van der Waals surface area contributed by atoms with Gasteiger partial charge in [0.1, 0.15) is 17.5 Å². The maximum absolute atomic E-state index is 4.80. The molecular weight excluding hydrogens is 236 g/mol. The van der Waals surface area contributed by atoms with Gasteiger partial charge in [-0.1, -0.05) is 6.42 Å². The highest BCUT2D eigenvalue weighted by Crippen LogP contribution is 2.39. The normalized spacial score (nSPS) is 19.1. The van der Waals surface area contributed by atoms with Gasteiger partial charge in [0.05, 0.1) is 0 Å². The average Bonchev–Trinajstić information content (AvgIpc) is 3.21. The number of hydrogen-bond donors (Lipinski definition) is 1. The van der Waals surface area contributed by atoms with Gasteiger partial charge in [0.2, 0.25) is 0 Å². The molecular formula is C15H24N4. The summed E-state index contributed by atoms with van der Waals surface area (Å²) in [7, 11) is 1.94. The van der Waals surface area contributed by atoms with E-state index in [9.17, 15) is 0 Å². The second kappa shape index (κ2) is 5.35. The van der Waals surface area contributed by atoms with Crippen LogP contribution < -0.4 is 10.2 Å². The van der Waals surface area contributed by atoms with E-state index in [1.54, 1.807) is 0 Å². The van der Waals surface area contributed by atoms with Gasteiger partial charge in [-0.25, -0.2) is 9.97 Å². The molecule has 0 bridgehead atoms. The molecule has 104 valence electrons. The molecule has 3 rings (SSSR count). The Labute approximate surface area is 115 Å². The Morgan fingerprint density at radius 1 is 1.26 bits per heavy atom. The Bertz CT molecular complexity index is 438. The van der Waals surface area contributed by atoms with Crippen LogP contribution in [0.1, 0.15) is 50.8 Å². The number of nitrogens with zero attached hydrogens (tertiary/aromatic N) is 3. The fourth-order valence-electron chi connectivity index (χ4n) is 2.64. The summed E-state index contributed by atoms with van der Waals surface area (Å²) in [5, 5.41) is 3.17. The van der Waals surface area contributed by atoms with E-state index >= 15 is 0 Å². The molecule has 1 N–H and O–H groups in total. The number of nitrogens with one attached hydrogen (secondary N) is 1. The van der Waals surface area contributed by atoms with Crippen LogP contribution in [0.5, 0.6) is 0 Å². The molecule has 4 heteroatoms. The second-order valence-electron chi connectivity index (χ2n) is 5.83. The SMILES string of the molecule is CCN(CC1CCC1)c1cc(NC)nc(C2CC2)n1. The van der Waals surface area contributed by atoms with E-state index in [1.165, 1.54) is 32.1 Å². The lowest BCUT2D eigenvalue weighted by Crippen LogP contribution is -2.33. The van der Waals surface area contributed by atoms with E-state index < -0.39 is 0 Å². The van der Waals surface area contributed by atoms with Crippen molar-refractivity contribution in [2.45, 2.75) is 44.9 Å². The van der Waals surface area contributed by atoms with Crippen LogP contribution in [0.4, 0.5) is 11.6 Å². The molecule has 1 aromatic heterocycles. The van der Waals surface area contributed by atoms with Gasteiger partial charge in [-0.05, 0) is 38.5 Å². The lowest BCUT2D eigenvalue weighted by Gasteiger charge is -2.32. The Morgan fingerprint density at radius 2 is 2.05 bits per heavy atom. The molecule has 2 aliphatic rings. The summed E-state index contributed by atoms with van der Waals surface area (Å²) in [5.41, 5.74) is 0. The lowest BCUT2D eigenvalue weighted by molar-refractivity contribution is 0.318. The average molecular weight is 260 g/mol. The quantitative estimate of drug-likeness (QED) is 0.853. The first kappa shape index (κ1) is 12.7. The molecule has 19 heavy (non-hydrogen) atoms. The second-order valence-corrected chi connectivity index (χ2v) is 5.83. The van der Waals surface area contributed by atoms with Crippen LogP contribution in [0.25, 0.3) is 0 Å². The Balaban J connectivity index is 1.81. The lowest BCUT2D eigenvalue weighted by atomic mass is 9.85.